The Balaban J connectivity index is 2.70. The summed E-state index contributed by atoms with van der Waals surface area (Å²) in [5, 5.41) is 9.16. The van der Waals surface area contributed by atoms with Gasteiger partial charge in [0.1, 0.15) is 0 Å². The average Bonchev–Trinajstić information content (AvgIpc) is 2.06. The highest BCUT2D eigenvalue weighted by Gasteiger charge is 2.01. The molecule has 0 saturated carbocycles. The van der Waals surface area contributed by atoms with E-state index in [1.54, 1.807) is 0 Å². The maximum atomic E-state index is 9.16. The topological polar surface area (TPSA) is 20.2 Å². The molecule has 1 rings (SSSR count). The zero-order valence-corrected chi connectivity index (χ0v) is 9.63. The summed E-state index contributed by atoms with van der Waals surface area (Å²) < 4.78 is 1.11. The van der Waals surface area contributed by atoms with E-state index >= 15 is 0 Å². The molecule has 0 bridgehead atoms. The maximum absolute atomic E-state index is 9.16. The summed E-state index contributed by atoms with van der Waals surface area (Å²) in [6.07, 6.45) is 1.57. The standard InChI is InChI=1S/C11H15BrO/c1-8-3-6-11(12)7-10(8)5-4-9(2)13/h3,6-7,9,13H,4-5H2,1-2H3/t9-/m1/s1. The Morgan fingerprint density at radius 2 is 2.15 bits per heavy atom. The minimum atomic E-state index is -0.210. The highest BCUT2D eigenvalue weighted by atomic mass is 79.9. The molecule has 0 radical (unpaired) electrons. The van der Waals surface area contributed by atoms with Crippen molar-refractivity contribution in [3.8, 4) is 0 Å². The van der Waals surface area contributed by atoms with Crippen LogP contribution < -0.4 is 0 Å². The molecule has 1 nitrogen and oxygen atoms in total. The van der Waals surface area contributed by atoms with E-state index in [4.69, 9.17) is 5.11 Å². The molecule has 1 atom stereocenters. The van der Waals surface area contributed by atoms with Crippen LogP contribution in [0.2, 0.25) is 0 Å². The van der Waals surface area contributed by atoms with Gasteiger partial charge in [-0.1, -0.05) is 22.0 Å². The zero-order chi connectivity index (χ0) is 9.84. The lowest BCUT2D eigenvalue weighted by Gasteiger charge is -2.07. The van der Waals surface area contributed by atoms with Gasteiger partial charge in [-0.2, -0.15) is 0 Å². The number of halogens is 1. The summed E-state index contributed by atoms with van der Waals surface area (Å²) >= 11 is 3.44. The van der Waals surface area contributed by atoms with E-state index in [1.807, 2.05) is 13.0 Å². The van der Waals surface area contributed by atoms with Crippen molar-refractivity contribution < 1.29 is 5.11 Å². The minimum absolute atomic E-state index is 0.210. The first kappa shape index (κ1) is 10.7. The van der Waals surface area contributed by atoms with Crippen LogP contribution in [0.1, 0.15) is 24.5 Å². The molecule has 0 fully saturated rings. The van der Waals surface area contributed by atoms with Gasteiger partial charge in [-0.05, 0) is 49.9 Å². The zero-order valence-electron chi connectivity index (χ0n) is 8.05. The van der Waals surface area contributed by atoms with Gasteiger partial charge in [0.15, 0.2) is 0 Å². The van der Waals surface area contributed by atoms with Crippen molar-refractivity contribution in [1.29, 1.82) is 0 Å². The van der Waals surface area contributed by atoms with Gasteiger partial charge in [-0.3, -0.25) is 0 Å². The number of aliphatic hydroxyl groups excluding tert-OH is 1. The lowest BCUT2D eigenvalue weighted by atomic mass is 10.0. The molecule has 0 spiro atoms. The summed E-state index contributed by atoms with van der Waals surface area (Å²) in [4.78, 5) is 0. The second-order valence-corrected chi connectivity index (χ2v) is 4.37. The third kappa shape index (κ3) is 3.49. The molecular formula is C11H15BrO. The smallest absolute Gasteiger partial charge is 0.0515 e. The van der Waals surface area contributed by atoms with Gasteiger partial charge in [-0.25, -0.2) is 0 Å². The second kappa shape index (κ2) is 4.77. The summed E-state index contributed by atoms with van der Waals surface area (Å²) in [6, 6.07) is 6.26. The fraction of sp³-hybridized carbons (Fsp3) is 0.455. The van der Waals surface area contributed by atoms with E-state index in [-0.39, 0.29) is 6.10 Å². The van der Waals surface area contributed by atoms with E-state index in [0.29, 0.717) is 0 Å². The molecule has 1 aromatic carbocycles. The van der Waals surface area contributed by atoms with Gasteiger partial charge < -0.3 is 5.11 Å². The SMILES string of the molecule is Cc1ccc(Br)cc1CC[C@@H](C)O. The van der Waals surface area contributed by atoms with Crippen molar-refractivity contribution in [2.45, 2.75) is 32.8 Å². The van der Waals surface area contributed by atoms with Crippen LogP contribution >= 0.6 is 15.9 Å². The van der Waals surface area contributed by atoms with Crippen LogP contribution in [-0.4, -0.2) is 11.2 Å². The molecule has 72 valence electrons. The number of aliphatic hydroxyl groups is 1. The molecule has 1 aromatic rings. The Bertz CT molecular complexity index is 281. The molecule has 0 aliphatic rings. The maximum Gasteiger partial charge on any atom is 0.0515 e. The third-order valence-electron chi connectivity index (χ3n) is 2.14. The predicted molar refractivity (Wildman–Crippen MR) is 58.9 cm³/mol. The van der Waals surface area contributed by atoms with Crippen molar-refractivity contribution in [2.75, 3.05) is 0 Å². The molecule has 0 heterocycles. The highest BCUT2D eigenvalue weighted by Crippen LogP contribution is 2.17. The van der Waals surface area contributed by atoms with E-state index < -0.39 is 0 Å². The molecule has 0 saturated heterocycles. The molecule has 0 aliphatic heterocycles. The van der Waals surface area contributed by atoms with Crippen LogP contribution in [0.15, 0.2) is 22.7 Å². The Labute approximate surface area is 87.9 Å². The normalized spacial score (nSPS) is 12.9. The number of aryl methyl sites for hydroxylation is 2. The molecule has 13 heavy (non-hydrogen) atoms. The fourth-order valence-electron chi connectivity index (χ4n) is 1.27. The first-order valence-corrected chi connectivity index (χ1v) is 5.32. The van der Waals surface area contributed by atoms with Gasteiger partial charge in [0, 0.05) is 4.47 Å². The molecule has 0 unspecified atom stereocenters. The molecule has 1 N–H and O–H groups in total. The second-order valence-electron chi connectivity index (χ2n) is 3.46. The van der Waals surface area contributed by atoms with Gasteiger partial charge in [0.05, 0.1) is 6.10 Å². The van der Waals surface area contributed by atoms with Crippen LogP contribution in [0.25, 0.3) is 0 Å². The monoisotopic (exact) mass is 242 g/mol. The summed E-state index contributed by atoms with van der Waals surface area (Å²) in [7, 11) is 0. The average molecular weight is 243 g/mol. The van der Waals surface area contributed by atoms with Gasteiger partial charge >= 0.3 is 0 Å². The number of hydrogen-bond donors (Lipinski definition) is 1. The lowest BCUT2D eigenvalue weighted by molar-refractivity contribution is 0.185. The Morgan fingerprint density at radius 3 is 2.77 bits per heavy atom. The molecule has 0 amide bonds. The number of benzene rings is 1. The van der Waals surface area contributed by atoms with E-state index in [9.17, 15) is 0 Å². The van der Waals surface area contributed by atoms with Crippen LogP contribution in [0.5, 0.6) is 0 Å². The molecule has 0 aliphatic carbocycles. The van der Waals surface area contributed by atoms with Crippen LogP contribution in [0, 0.1) is 6.92 Å². The molecule has 2 heteroatoms. The Morgan fingerprint density at radius 1 is 1.46 bits per heavy atom. The quantitative estimate of drug-likeness (QED) is 0.864. The van der Waals surface area contributed by atoms with Gasteiger partial charge in [0.25, 0.3) is 0 Å². The lowest BCUT2D eigenvalue weighted by Crippen LogP contribution is -2.02. The Kier molecular flexibility index (Phi) is 3.94. The number of rotatable bonds is 3. The first-order valence-electron chi connectivity index (χ1n) is 4.52. The van der Waals surface area contributed by atoms with Crippen molar-refractivity contribution >= 4 is 15.9 Å². The molecular weight excluding hydrogens is 228 g/mol. The third-order valence-corrected chi connectivity index (χ3v) is 2.64. The van der Waals surface area contributed by atoms with Crippen LogP contribution in [0.4, 0.5) is 0 Å². The largest absolute Gasteiger partial charge is 0.393 e. The summed E-state index contributed by atoms with van der Waals surface area (Å²) in [5.41, 5.74) is 2.61. The Hall–Kier alpha value is -0.340. The highest BCUT2D eigenvalue weighted by molar-refractivity contribution is 9.10. The van der Waals surface area contributed by atoms with E-state index in [0.717, 1.165) is 17.3 Å². The fourth-order valence-corrected chi connectivity index (χ4v) is 1.68. The predicted octanol–water partition coefficient (Wildman–Crippen LogP) is 3.07. The minimum Gasteiger partial charge on any atom is -0.393 e. The van der Waals surface area contributed by atoms with Crippen molar-refractivity contribution in [2.24, 2.45) is 0 Å². The van der Waals surface area contributed by atoms with Crippen LogP contribution in [-0.2, 0) is 6.42 Å². The van der Waals surface area contributed by atoms with Gasteiger partial charge in [-0.15, -0.1) is 0 Å². The van der Waals surface area contributed by atoms with E-state index in [1.165, 1.54) is 11.1 Å². The summed E-state index contributed by atoms with van der Waals surface area (Å²) in [6.45, 7) is 3.93. The van der Waals surface area contributed by atoms with Crippen molar-refractivity contribution in [3.63, 3.8) is 0 Å². The summed E-state index contributed by atoms with van der Waals surface area (Å²) in [5.74, 6) is 0. The number of hydrogen-bond acceptors (Lipinski definition) is 1. The van der Waals surface area contributed by atoms with E-state index in [2.05, 4.69) is 35.0 Å². The first-order chi connectivity index (χ1) is 6.09. The van der Waals surface area contributed by atoms with Crippen molar-refractivity contribution in [3.05, 3.63) is 33.8 Å². The van der Waals surface area contributed by atoms with Gasteiger partial charge in [0.2, 0.25) is 0 Å². The molecule has 0 aromatic heterocycles. The van der Waals surface area contributed by atoms with Crippen molar-refractivity contribution in [1.82, 2.24) is 0 Å². The van der Waals surface area contributed by atoms with Crippen LogP contribution in [0.3, 0.4) is 0 Å².